The van der Waals surface area contributed by atoms with Gasteiger partial charge < -0.3 is 14.4 Å². The zero-order valence-corrected chi connectivity index (χ0v) is 27.5. The SMILES string of the molecule is CCCC1(C)CCN2CCC(C)(CCC)c3c2c1cc1cc(C=C2C(=O)N(CC(=O)O)C(=S)N(c4ccccc4)C2=O)c(=O)oc31. The van der Waals surface area contributed by atoms with Gasteiger partial charge in [0.1, 0.15) is 17.7 Å². The lowest BCUT2D eigenvalue weighted by atomic mass is 9.65. The minimum atomic E-state index is -1.29. The number of hydrogen-bond acceptors (Lipinski definition) is 7. The van der Waals surface area contributed by atoms with Crippen molar-refractivity contribution in [3.8, 4) is 0 Å². The van der Waals surface area contributed by atoms with Crippen molar-refractivity contribution in [3.05, 3.63) is 75.1 Å². The fourth-order valence-electron chi connectivity index (χ4n) is 7.70. The van der Waals surface area contributed by atoms with Gasteiger partial charge in [-0.15, -0.1) is 0 Å². The summed E-state index contributed by atoms with van der Waals surface area (Å²) in [6.45, 7) is 10.1. The molecule has 3 aromatic rings. The third kappa shape index (κ3) is 5.12. The van der Waals surface area contributed by atoms with E-state index in [9.17, 15) is 24.3 Å². The Hall–Kier alpha value is -4.31. The molecule has 0 saturated carbocycles. The number of hydrogen-bond donors (Lipinski definition) is 1. The average Bonchev–Trinajstić information content (AvgIpc) is 3.01. The maximum atomic E-state index is 13.8. The third-order valence-electron chi connectivity index (χ3n) is 10.0. The van der Waals surface area contributed by atoms with E-state index in [4.69, 9.17) is 16.6 Å². The van der Waals surface area contributed by atoms with Crippen LogP contribution in [0.25, 0.3) is 17.0 Å². The van der Waals surface area contributed by atoms with Crippen LogP contribution in [0.2, 0.25) is 0 Å². The van der Waals surface area contributed by atoms with Crippen LogP contribution in [0.5, 0.6) is 0 Å². The number of fused-ring (bicyclic) bond motifs is 2. The van der Waals surface area contributed by atoms with Gasteiger partial charge >= 0.3 is 11.6 Å². The smallest absolute Gasteiger partial charge is 0.343 e. The number of carbonyl (C=O) groups is 3. The van der Waals surface area contributed by atoms with Crippen LogP contribution in [0.4, 0.5) is 11.4 Å². The van der Waals surface area contributed by atoms with E-state index in [1.165, 1.54) is 17.3 Å². The molecule has 2 unspecified atom stereocenters. The van der Waals surface area contributed by atoms with Crippen molar-refractivity contribution < 1.29 is 23.9 Å². The molecule has 46 heavy (non-hydrogen) atoms. The Morgan fingerprint density at radius 2 is 1.63 bits per heavy atom. The zero-order valence-electron chi connectivity index (χ0n) is 26.7. The second-order valence-corrected chi connectivity index (χ2v) is 13.6. The number of amides is 2. The maximum Gasteiger partial charge on any atom is 0.343 e. The fraction of sp³-hybridized carbons (Fsp3) is 0.417. The number of benzene rings is 2. The summed E-state index contributed by atoms with van der Waals surface area (Å²) in [5.74, 6) is -2.92. The molecule has 3 aliphatic heterocycles. The molecular weight excluding hydrogens is 602 g/mol. The molecular formula is C36H39N3O6S. The number of carbonyl (C=O) groups excluding carboxylic acids is 2. The minimum absolute atomic E-state index is 0.0327. The second-order valence-electron chi connectivity index (χ2n) is 13.3. The van der Waals surface area contributed by atoms with E-state index in [-0.39, 0.29) is 27.1 Å². The molecule has 0 spiro atoms. The highest BCUT2D eigenvalue weighted by Crippen LogP contribution is 2.54. The lowest BCUT2D eigenvalue weighted by Gasteiger charge is -2.50. The highest BCUT2D eigenvalue weighted by atomic mass is 32.1. The second kappa shape index (κ2) is 11.8. The van der Waals surface area contributed by atoms with E-state index in [0.29, 0.717) is 11.3 Å². The van der Waals surface area contributed by atoms with Gasteiger partial charge in [0.05, 0.1) is 11.3 Å². The molecule has 3 aliphatic rings. The summed E-state index contributed by atoms with van der Waals surface area (Å²) < 4.78 is 6.17. The molecule has 10 heteroatoms. The summed E-state index contributed by atoms with van der Waals surface area (Å²) >= 11 is 5.43. The number of rotatable bonds is 8. The molecule has 1 saturated heterocycles. The van der Waals surface area contributed by atoms with E-state index in [1.807, 2.05) is 0 Å². The number of anilines is 2. The third-order valence-corrected chi connectivity index (χ3v) is 10.4. The molecule has 2 aromatic carbocycles. The summed E-state index contributed by atoms with van der Waals surface area (Å²) in [6, 6.07) is 12.3. The number of para-hydroxylation sites is 1. The van der Waals surface area contributed by atoms with Gasteiger partial charge in [-0.1, -0.05) is 58.7 Å². The van der Waals surface area contributed by atoms with Gasteiger partial charge in [0, 0.05) is 29.7 Å². The fourth-order valence-corrected chi connectivity index (χ4v) is 8.04. The van der Waals surface area contributed by atoms with E-state index in [2.05, 4.69) is 38.7 Å². The van der Waals surface area contributed by atoms with Crippen LogP contribution in [0.3, 0.4) is 0 Å². The van der Waals surface area contributed by atoms with E-state index < -0.39 is 30.0 Å². The summed E-state index contributed by atoms with van der Waals surface area (Å²) in [7, 11) is 0. The average molecular weight is 642 g/mol. The Morgan fingerprint density at radius 3 is 2.28 bits per heavy atom. The van der Waals surface area contributed by atoms with Gasteiger partial charge in [-0.3, -0.25) is 24.2 Å². The Bertz CT molecular complexity index is 1860. The largest absolute Gasteiger partial charge is 0.480 e. The molecule has 1 N–H and O–H groups in total. The molecule has 2 amide bonds. The van der Waals surface area contributed by atoms with Gasteiger partial charge in [-0.25, -0.2) is 4.79 Å². The highest BCUT2D eigenvalue weighted by molar-refractivity contribution is 7.80. The molecule has 6 rings (SSSR count). The number of aliphatic carboxylic acids is 1. The molecule has 1 fully saturated rings. The highest BCUT2D eigenvalue weighted by Gasteiger charge is 2.45. The lowest BCUT2D eigenvalue weighted by Crippen LogP contribution is -2.57. The predicted octanol–water partition coefficient (Wildman–Crippen LogP) is 6.15. The Kier molecular flexibility index (Phi) is 8.13. The molecule has 9 nitrogen and oxygen atoms in total. The molecule has 0 aliphatic carbocycles. The van der Waals surface area contributed by atoms with E-state index in [0.717, 1.165) is 72.4 Å². The summed E-state index contributed by atoms with van der Waals surface area (Å²) in [5.41, 5.74) is 3.18. The standard InChI is InChI=1S/C36H39N3O6S/c1-5-12-35(3)14-16-37-17-15-36(4,13-6-2)28-29(37)26(35)20-22-18-23(33(44)45-30(22)28)19-25-31(42)38(21-27(40)41)34(46)39(32(25)43)24-10-8-7-9-11-24/h7-11,18-20H,5-6,12-17,21H2,1-4H3,(H,40,41). The van der Waals surface area contributed by atoms with Crippen LogP contribution in [0, 0.1) is 0 Å². The van der Waals surface area contributed by atoms with Gasteiger partial charge in [-0.05, 0) is 84.6 Å². The quantitative estimate of drug-likeness (QED) is 0.135. The monoisotopic (exact) mass is 641 g/mol. The number of thiocarbonyl (C=S) groups is 1. The predicted molar refractivity (Wildman–Crippen MR) is 182 cm³/mol. The van der Waals surface area contributed by atoms with Gasteiger partial charge in [0.25, 0.3) is 11.8 Å². The Balaban J connectivity index is 1.57. The maximum absolute atomic E-state index is 13.8. The van der Waals surface area contributed by atoms with Crippen molar-refractivity contribution in [2.75, 3.05) is 29.4 Å². The molecule has 2 atom stereocenters. The first kappa shape index (κ1) is 31.7. The minimum Gasteiger partial charge on any atom is -0.480 e. The van der Waals surface area contributed by atoms with Crippen LogP contribution in [0.15, 0.2) is 57.2 Å². The lowest BCUT2D eigenvalue weighted by molar-refractivity contribution is -0.141. The normalized spacial score (nSPS) is 23.8. The first-order chi connectivity index (χ1) is 21.9. The van der Waals surface area contributed by atoms with Crippen molar-refractivity contribution >= 4 is 63.5 Å². The van der Waals surface area contributed by atoms with Crippen molar-refractivity contribution in [2.24, 2.45) is 0 Å². The molecule has 0 bridgehead atoms. The molecule has 240 valence electrons. The summed E-state index contributed by atoms with van der Waals surface area (Å²) in [5, 5.41) is 10.0. The van der Waals surface area contributed by atoms with E-state index in [1.54, 1.807) is 36.4 Å². The summed E-state index contributed by atoms with van der Waals surface area (Å²) in [6.07, 6.45) is 7.18. The van der Waals surface area contributed by atoms with Gasteiger partial charge in [0.15, 0.2) is 5.11 Å². The number of nitrogens with zero attached hydrogens (tertiary/aromatic N) is 3. The van der Waals surface area contributed by atoms with Crippen molar-refractivity contribution in [1.29, 1.82) is 0 Å². The topological polar surface area (TPSA) is 111 Å². The van der Waals surface area contributed by atoms with Crippen molar-refractivity contribution in [1.82, 2.24) is 4.90 Å². The van der Waals surface area contributed by atoms with Gasteiger partial charge in [-0.2, -0.15) is 0 Å². The van der Waals surface area contributed by atoms with Crippen molar-refractivity contribution in [3.63, 3.8) is 0 Å². The first-order valence-electron chi connectivity index (χ1n) is 16.0. The van der Waals surface area contributed by atoms with Crippen LogP contribution in [0.1, 0.15) is 82.9 Å². The van der Waals surface area contributed by atoms with Crippen LogP contribution >= 0.6 is 12.2 Å². The van der Waals surface area contributed by atoms with Crippen LogP contribution in [-0.2, 0) is 25.2 Å². The van der Waals surface area contributed by atoms with Crippen LogP contribution in [-0.4, -0.2) is 52.5 Å². The van der Waals surface area contributed by atoms with Crippen molar-refractivity contribution in [2.45, 2.75) is 77.0 Å². The number of carboxylic acids is 1. The zero-order chi connectivity index (χ0) is 33.0. The molecule has 1 aromatic heterocycles. The van der Waals surface area contributed by atoms with E-state index >= 15 is 0 Å². The molecule has 0 radical (unpaired) electrons. The Morgan fingerprint density at radius 1 is 0.978 bits per heavy atom. The van der Waals surface area contributed by atoms with Crippen LogP contribution < -0.4 is 15.4 Å². The van der Waals surface area contributed by atoms with Gasteiger partial charge in [0.2, 0.25) is 0 Å². The summed E-state index contributed by atoms with van der Waals surface area (Å²) in [4.78, 5) is 57.3. The number of carboxylic acid groups (broad SMARTS) is 1. The first-order valence-corrected chi connectivity index (χ1v) is 16.4. The Labute approximate surface area is 273 Å². The molecule has 4 heterocycles.